The van der Waals surface area contributed by atoms with E-state index in [1.54, 1.807) is 0 Å². The van der Waals surface area contributed by atoms with Gasteiger partial charge in [0.2, 0.25) is 5.91 Å². The summed E-state index contributed by atoms with van der Waals surface area (Å²) in [6, 6.07) is -1.03. The van der Waals surface area contributed by atoms with Crippen LogP contribution in [0, 0.1) is 0 Å². The number of rotatable bonds is 37. The van der Waals surface area contributed by atoms with E-state index >= 15 is 0 Å². The Balaban J connectivity index is 2.57. The molecule has 328 valence electrons. The predicted molar refractivity (Wildman–Crippen MR) is 215 cm³/mol. The topological polar surface area (TPSA) is 212 Å². The maximum atomic E-state index is 13.1. The molecule has 7 N–H and O–H groups in total. The zero-order valence-electron chi connectivity index (χ0n) is 34.4. The number of carbonyl (C=O) groups is 1. The second-order valence-electron chi connectivity index (χ2n) is 15.8. The van der Waals surface area contributed by atoms with Crippen molar-refractivity contribution in [1.82, 2.24) is 5.32 Å². The van der Waals surface area contributed by atoms with Crippen LogP contribution in [0.5, 0.6) is 0 Å². The molecular weight excluding hydrogens is 731 g/mol. The molecule has 14 heteroatoms. The largest absolute Gasteiger partial charge is 0.397 e. The molecule has 8 atom stereocenters. The van der Waals surface area contributed by atoms with Crippen LogP contribution in [0.15, 0.2) is 0 Å². The molecule has 8 unspecified atom stereocenters. The molecule has 0 radical (unpaired) electrons. The molecule has 0 aliphatic carbocycles. The quantitative estimate of drug-likeness (QED) is 0.0255. The minimum Gasteiger partial charge on any atom is -0.394 e. The Morgan fingerprint density at radius 3 is 1.45 bits per heavy atom. The van der Waals surface area contributed by atoms with E-state index < -0.39 is 78.5 Å². The van der Waals surface area contributed by atoms with E-state index in [-0.39, 0.29) is 6.42 Å². The van der Waals surface area contributed by atoms with Crippen LogP contribution in [0.25, 0.3) is 0 Å². The average Bonchev–Trinajstić information content (AvgIpc) is 3.15. The number of aliphatic hydroxyl groups excluding tert-OH is 5. The highest BCUT2D eigenvalue weighted by Gasteiger charge is 2.48. The van der Waals surface area contributed by atoms with Gasteiger partial charge in [-0.1, -0.05) is 181 Å². The third-order valence-electron chi connectivity index (χ3n) is 10.8. The number of carbonyl (C=O) groups excluding carboxylic acids is 1. The van der Waals surface area contributed by atoms with Crippen LogP contribution in [-0.2, 0) is 28.9 Å². The smallest absolute Gasteiger partial charge is 0.394 e. The van der Waals surface area contributed by atoms with Gasteiger partial charge in [0, 0.05) is 0 Å². The number of unbranched alkanes of at least 4 members (excludes halogenated alkanes) is 24. The van der Waals surface area contributed by atoms with Crippen molar-refractivity contribution in [2.45, 2.75) is 243 Å². The molecule has 0 saturated carbocycles. The van der Waals surface area contributed by atoms with Gasteiger partial charge in [0.15, 0.2) is 6.29 Å². The highest BCUT2D eigenvalue weighted by Crippen LogP contribution is 2.26. The van der Waals surface area contributed by atoms with Crippen LogP contribution in [0.1, 0.15) is 194 Å². The summed E-state index contributed by atoms with van der Waals surface area (Å²) in [6.07, 6.45) is 20.1. The first-order valence-electron chi connectivity index (χ1n) is 22.0. The Morgan fingerprint density at radius 1 is 0.655 bits per heavy atom. The van der Waals surface area contributed by atoms with Gasteiger partial charge in [-0.2, -0.15) is 8.42 Å². The molecule has 55 heavy (non-hydrogen) atoms. The van der Waals surface area contributed by atoms with Gasteiger partial charge in [0.25, 0.3) is 0 Å². The van der Waals surface area contributed by atoms with Gasteiger partial charge in [0.1, 0.15) is 30.5 Å². The Hall–Kier alpha value is -0.940. The van der Waals surface area contributed by atoms with Crippen molar-refractivity contribution in [2.24, 2.45) is 0 Å². The van der Waals surface area contributed by atoms with Crippen molar-refractivity contribution < 1.29 is 57.0 Å². The summed E-state index contributed by atoms with van der Waals surface area (Å²) in [6.45, 7) is 3.26. The minimum atomic E-state index is -5.10. The molecule has 1 heterocycles. The SMILES string of the molecule is CCCCCCCCCCCCCCCCCC(O)C(=O)NC(COC1OC(CO)C(O)C(OS(=O)(=O)O)C1O)C(O)CCCCCCCCCCCCC. The number of ether oxygens (including phenoxy) is 2. The molecule has 1 rings (SSSR count). The van der Waals surface area contributed by atoms with Gasteiger partial charge in [-0.25, -0.2) is 4.18 Å². The predicted octanol–water partition coefficient (Wildman–Crippen LogP) is 6.80. The van der Waals surface area contributed by atoms with Gasteiger partial charge in [-0.15, -0.1) is 0 Å². The molecule has 1 aliphatic heterocycles. The Labute approximate surface area is 333 Å². The fourth-order valence-corrected chi connectivity index (χ4v) is 7.74. The van der Waals surface area contributed by atoms with E-state index in [2.05, 4.69) is 23.3 Å². The average molecular weight is 812 g/mol. The second kappa shape index (κ2) is 33.0. The number of hydrogen-bond donors (Lipinski definition) is 7. The normalized spacial score (nSPS) is 22.1. The lowest BCUT2D eigenvalue weighted by Crippen LogP contribution is -2.61. The summed E-state index contributed by atoms with van der Waals surface area (Å²) >= 11 is 0. The molecule has 1 fully saturated rings. The zero-order chi connectivity index (χ0) is 40.7. The van der Waals surface area contributed by atoms with Crippen LogP contribution in [0.3, 0.4) is 0 Å². The number of aliphatic hydroxyl groups is 5. The van der Waals surface area contributed by atoms with Crippen LogP contribution in [0.2, 0.25) is 0 Å². The first kappa shape index (κ1) is 52.1. The van der Waals surface area contributed by atoms with E-state index in [0.717, 1.165) is 38.5 Å². The van der Waals surface area contributed by atoms with Crippen LogP contribution >= 0.6 is 0 Å². The van der Waals surface area contributed by atoms with Crippen LogP contribution in [-0.4, -0.2) is 107 Å². The lowest BCUT2D eigenvalue weighted by Gasteiger charge is -2.41. The summed E-state index contributed by atoms with van der Waals surface area (Å²) in [4.78, 5) is 13.1. The molecule has 0 bridgehead atoms. The van der Waals surface area contributed by atoms with Crippen molar-refractivity contribution >= 4 is 16.3 Å². The van der Waals surface area contributed by atoms with Gasteiger partial charge in [0.05, 0.1) is 25.4 Å². The number of amides is 1. The monoisotopic (exact) mass is 812 g/mol. The van der Waals surface area contributed by atoms with Crippen molar-refractivity contribution in [2.75, 3.05) is 13.2 Å². The van der Waals surface area contributed by atoms with Crippen molar-refractivity contribution in [1.29, 1.82) is 0 Å². The summed E-state index contributed by atoms with van der Waals surface area (Å²) in [5.74, 6) is -0.668. The van der Waals surface area contributed by atoms with Crippen LogP contribution < -0.4 is 5.32 Å². The minimum absolute atomic E-state index is 0.265. The Bertz CT molecular complexity index is 1020. The summed E-state index contributed by atoms with van der Waals surface area (Å²) < 4.78 is 47.4. The fraction of sp³-hybridized carbons (Fsp3) is 0.976. The lowest BCUT2D eigenvalue weighted by molar-refractivity contribution is -0.298. The third-order valence-corrected chi connectivity index (χ3v) is 11.2. The van der Waals surface area contributed by atoms with Gasteiger partial charge >= 0.3 is 10.4 Å². The number of nitrogens with one attached hydrogen (secondary N) is 1. The molecule has 0 aromatic carbocycles. The fourth-order valence-electron chi connectivity index (χ4n) is 7.23. The molecule has 0 aromatic rings. The molecule has 1 aliphatic rings. The summed E-state index contributed by atoms with van der Waals surface area (Å²) in [7, 11) is -5.10. The second-order valence-corrected chi connectivity index (χ2v) is 16.8. The van der Waals surface area contributed by atoms with E-state index in [4.69, 9.17) is 14.0 Å². The van der Waals surface area contributed by atoms with E-state index in [1.165, 1.54) is 116 Å². The first-order valence-corrected chi connectivity index (χ1v) is 23.4. The molecule has 13 nitrogen and oxygen atoms in total. The molecule has 1 saturated heterocycles. The standard InChI is InChI=1S/C41H81NO12S/c1-3-5-7-9-11-13-15-16-17-18-20-22-24-26-28-30-35(45)40(48)42-33(34(44)29-27-25-23-21-19-14-12-10-8-6-4-2)32-52-41-38(47)39(54-55(49,50)51)37(46)36(31-43)53-41/h33-39,41,43-47H,3-32H2,1-2H3,(H,42,48)(H,49,50,51). The van der Waals surface area contributed by atoms with Crippen LogP contribution in [0.4, 0.5) is 0 Å². The third kappa shape index (κ3) is 25.9. The molecule has 0 aromatic heterocycles. The maximum Gasteiger partial charge on any atom is 0.397 e. The lowest BCUT2D eigenvalue weighted by atomic mass is 9.99. The van der Waals surface area contributed by atoms with E-state index in [0.29, 0.717) is 19.3 Å². The van der Waals surface area contributed by atoms with E-state index in [1.807, 2.05) is 0 Å². The van der Waals surface area contributed by atoms with Gasteiger partial charge < -0.3 is 40.3 Å². The highest BCUT2D eigenvalue weighted by atomic mass is 32.3. The maximum absolute atomic E-state index is 13.1. The van der Waals surface area contributed by atoms with Gasteiger partial charge in [-0.05, 0) is 12.8 Å². The van der Waals surface area contributed by atoms with Crippen molar-refractivity contribution in [3.63, 3.8) is 0 Å². The number of hydrogen-bond acceptors (Lipinski definition) is 11. The Kier molecular flexibility index (Phi) is 31.2. The molecule has 1 amide bonds. The summed E-state index contributed by atoms with van der Waals surface area (Å²) in [5.41, 5.74) is 0. The Morgan fingerprint density at radius 2 is 1.05 bits per heavy atom. The van der Waals surface area contributed by atoms with Crippen molar-refractivity contribution in [3.05, 3.63) is 0 Å². The van der Waals surface area contributed by atoms with Crippen molar-refractivity contribution in [3.8, 4) is 0 Å². The van der Waals surface area contributed by atoms with Gasteiger partial charge in [-0.3, -0.25) is 9.35 Å². The summed E-state index contributed by atoms with van der Waals surface area (Å²) in [5, 5.41) is 55.2. The first-order chi connectivity index (χ1) is 26.4. The zero-order valence-corrected chi connectivity index (χ0v) is 35.2. The molecule has 0 spiro atoms. The highest BCUT2D eigenvalue weighted by molar-refractivity contribution is 7.80. The molecular formula is C41H81NO12S. The van der Waals surface area contributed by atoms with E-state index in [9.17, 15) is 38.7 Å².